The fourth-order valence-electron chi connectivity index (χ4n) is 4.94. The largest absolute Gasteiger partial charge is 0.490 e. The summed E-state index contributed by atoms with van der Waals surface area (Å²) in [6.45, 7) is 6.40. The van der Waals surface area contributed by atoms with Crippen molar-refractivity contribution < 1.29 is 4.74 Å². The summed E-state index contributed by atoms with van der Waals surface area (Å²) in [4.78, 5) is 8.58. The molecule has 31 heavy (non-hydrogen) atoms. The first kappa shape index (κ1) is 20.2. The van der Waals surface area contributed by atoms with Gasteiger partial charge in [-0.2, -0.15) is 5.26 Å². The fraction of sp³-hybridized carbons (Fsp3) is 0.385. The molecule has 2 aliphatic rings. The molecule has 0 radical (unpaired) electrons. The molecule has 1 unspecified atom stereocenters. The molecule has 1 saturated heterocycles. The Balaban J connectivity index is 1.45. The van der Waals surface area contributed by atoms with Crippen molar-refractivity contribution in [1.29, 1.82) is 5.26 Å². The molecule has 1 aromatic heterocycles. The van der Waals surface area contributed by atoms with Crippen LogP contribution < -0.4 is 4.74 Å². The van der Waals surface area contributed by atoms with E-state index in [-0.39, 0.29) is 6.10 Å². The summed E-state index contributed by atoms with van der Waals surface area (Å²) >= 11 is 1.70. The number of likely N-dealkylation sites (tertiary alicyclic amines) is 1. The average molecular weight is 430 g/mol. The molecule has 0 saturated carbocycles. The smallest absolute Gasteiger partial charge is 0.137 e. The summed E-state index contributed by atoms with van der Waals surface area (Å²) in [7, 11) is 0. The number of rotatable bonds is 5. The number of ether oxygens (including phenoxy) is 1. The molecule has 1 aliphatic heterocycles. The van der Waals surface area contributed by atoms with E-state index in [1.54, 1.807) is 11.3 Å². The van der Waals surface area contributed by atoms with Gasteiger partial charge in [0.05, 0.1) is 16.5 Å². The van der Waals surface area contributed by atoms with Gasteiger partial charge in [-0.15, -0.1) is 11.3 Å². The molecule has 0 N–H and O–H groups in total. The molecule has 1 atom stereocenters. The van der Waals surface area contributed by atoms with Crippen LogP contribution in [0.15, 0.2) is 42.6 Å². The Labute approximate surface area is 188 Å². The predicted molar refractivity (Wildman–Crippen MR) is 125 cm³/mol. The average Bonchev–Trinajstić information content (AvgIpc) is 3.53. The van der Waals surface area contributed by atoms with Gasteiger partial charge in [-0.05, 0) is 87.5 Å². The van der Waals surface area contributed by atoms with Crippen LogP contribution in [-0.4, -0.2) is 29.1 Å². The zero-order valence-corrected chi connectivity index (χ0v) is 18.9. The second-order valence-electron chi connectivity index (χ2n) is 8.69. The van der Waals surface area contributed by atoms with E-state index in [0.29, 0.717) is 17.4 Å². The molecule has 158 valence electrons. The summed E-state index contributed by atoms with van der Waals surface area (Å²) in [5.41, 5.74) is 5.84. The van der Waals surface area contributed by atoms with Gasteiger partial charge in [-0.1, -0.05) is 18.2 Å². The lowest BCUT2D eigenvalue weighted by Gasteiger charge is -2.24. The lowest BCUT2D eigenvalue weighted by atomic mass is 10.0. The molecule has 4 nitrogen and oxygen atoms in total. The Morgan fingerprint density at radius 3 is 2.81 bits per heavy atom. The first-order valence-electron chi connectivity index (χ1n) is 11.2. The standard InChI is InChI=1S/C26H27N3OS/c1-17(2)30-24-11-8-18(14-19(24)15-27)26-28-16-25(31-26)22-7-5-6-21-20(22)9-10-23(21)29-12-3-4-13-29/h5-8,11,14,16-17,23H,3-4,9-10,12-13H2,1-2H3. The molecule has 0 amide bonds. The molecule has 1 fully saturated rings. The third-order valence-corrected chi connectivity index (χ3v) is 7.38. The molecule has 5 rings (SSSR count). The van der Waals surface area contributed by atoms with Gasteiger partial charge < -0.3 is 4.74 Å². The van der Waals surface area contributed by atoms with E-state index in [1.807, 2.05) is 38.2 Å². The molecular formula is C26H27N3OS. The third-order valence-electron chi connectivity index (χ3n) is 6.30. The van der Waals surface area contributed by atoms with Crippen molar-refractivity contribution in [2.24, 2.45) is 0 Å². The maximum Gasteiger partial charge on any atom is 0.137 e. The van der Waals surface area contributed by atoms with Crippen LogP contribution >= 0.6 is 11.3 Å². The third kappa shape index (κ3) is 3.86. The number of benzene rings is 2. The highest BCUT2D eigenvalue weighted by atomic mass is 32.1. The highest BCUT2D eigenvalue weighted by Gasteiger charge is 2.31. The molecule has 2 aromatic carbocycles. The van der Waals surface area contributed by atoms with Crippen LogP contribution in [-0.2, 0) is 6.42 Å². The second-order valence-corrected chi connectivity index (χ2v) is 9.72. The highest BCUT2D eigenvalue weighted by molar-refractivity contribution is 7.18. The van der Waals surface area contributed by atoms with Crippen LogP contribution in [0.5, 0.6) is 5.75 Å². The van der Waals surface area contributed by atoms with Gasteiger partial charge in [0.25, 0.3) is 0 Å². The fourth-order valence-corrected chi connectivity index (χ4v) is 5.90. The molecular weight excluding hydrogens is 402 g/mol. The predicted octanol–water partition coefficient (Wildman–Crippen LogP) is 6.22. The van der Waals surface area contributed by atoms with Crippen molar-refractivity contribution in [3.63, 3.8) is 0 Å². The van der Waals surface area contributed by atoms with Crippen molar-refractivity contribution in [3.8, 4) is 32.8 Å². The number of fused-ring (bicyclic) bond motifs is 1. The van der Waals surface area contributed by atoms with Gasteiger partial charge in [-0.25, -0.2) is 4.98 Å². The van der Waals surface area contributed by atoms with E-state index >= 15 is 0 Å². The van der Waals surface area contributed by atoms with Gasteiger partial charge in [-0.3, -0.25) is 4.90 Å². The maximum atomic E-state index is 9.56. The minimum absolute atomic E-state index is 0.0361. The number of nitrogens with zero attached hydrogens (tertiary/aromatic N) is 3. The van der Waals surface area contributed by atoms with Crippen molar-refractivity contribution in [2.45, 2.75) is 51.7 Å². The van der Waals surface area contributed by atoms with Crippen molar-refractivity contribution in [2.75, 3.05) is 13.1 Å². The van der Waals surface area contributed by atoms with Crippen LogP contribution in [0.2, 0.25) is 0 Å². The molecule has 0 spiro atoms. The van der Waals surface area contributed by atoms with Crippen LogP contribution in [0.3, 0.4) is 0 Å². The SMILES string of the molecule is CC(C)Oc1ccc(-c2ncc(-c3cccc4c3CCC4N3CCCC3)s2)cc1C#N. The van der Waals surface area contributed by atoms with Crippen molar-refractivity contribution in [1.82, 2.24) is 9.88 Å². The van der Waals surface area contributed by atoms with E-state index in [0.717, 1.165) is 17.0 Å². The lowest BCUT2D eigenvalue weighted by Crippen LogP contribution is -2.23. The first-order chi connectivity index (χ1) is 15.1. The summed E-state index contributed by atoms with van der Waals surface area (Å²) in [6, 6.07) is 15.4. The van der Waals surface area contributed by atoms with Crippen LogP contribution in [0, 0.1) is 11.3 Å². The van der Waals surface area contributed by atoms with Crippen molar-refractivity contribution in [3.05, 3.63) is 59.3 Å². The minimum Gasteiger partial charge on any atom is -0.490 e. The maximum absolute atomic E-state index is 9.56. The van der Waals surface area contributed by atoms with Crippen LogP contribution in [0.25, 0.3) is 21.0 Å². The Kier molecular flexibility index (Phi) is 5.52. The number of aromatic nitrogens is 1. The zero-order valence-electron chi connectivity index (χ0n) is 18.1. The summed E-state index contributed by atoms with van der Waals surface area (Å²) < 4.78 is 5.76. The monoisotopic (exact) mass is 429 g/mol. The summed E-state index contributed by atoms with van der Waals surface area (Å²) in [5, 5.41) is 10.5. The van der Waals surface area contributed by atoms with Gasteiger partial charge in [0.2, 0.25) is 0 Å². The number of nitriles is 1. The summed E-state index contributed by atoms with van der Waals surface area (Å²) in [6.07, 6.45) is 7.04. The Morgan fingerprint density at radius 1 is 1.19 bits per heavy atom. The number of hydrogen-bond acceptors (Lipinski definition) is 5. The van der Waals surface area contributed by atoms with Gasteiger partial charge in [0.15, 0.2) is 0 Å². The molecule has 3 aromatic rings. The summed E-state index contributed by atoms with van der Waals surface area (Å²) in [5.74, 6) is 0.631. The molecule has 2 heterocycles. The quantitative estimate of drug-likeness (QED) is 0.483. The van der Waals surface area contributed by atoms with E-state index < -0.39 is 0 Å². The lowest BCUT2D eigenvalue weighted by molar-refractivity contribution is 0.242. The zero-order chi connectivity index (χ0) is 21.4. The highest BCUT2D eigenvalue weighted by Crippen LogP contribution is 2.43. The number of hydrogen-bond donors (Lipinski definition) is 0. The van der Waals surface area contributed by atoms with Gasteiger partial charge in [0.1, 0.15) is 16.8 Å². The number of thiazole rings is 1. The Bertz CT molecular complexity index is 1140. The van der Waals surface area contributed by atoms with E-state index in [1.165, 1.54) is 53.9 Å². The van der Waals surface area contributed by atoms with Crippen molar-refractivity contribution >= 4 is 11.3 Å². The van der Waals surface area contributed by atoms with Gasteiger partial charge >= 0.3 is 0 Å². The molecule has 1 aliphatic carbocycles. The molecule has 5 heteroatoms. The van der Waals surface area contributed by atoms with E-state index in [9.17, 15) is 5.26 Å². The first-order valence-corrected chi connectivity index (χ1v) is 12.0. The van der Waals surface area contributed by atoms with Gasteiger partial charge in [0, 0.05) is 17.8 Å². The van der Waals surface area contributed by atoms with Crippen LogP contribution in [0.4, 0.5) is 0 Å². The van der Waals surface area contributed by atoms with E-state index in [4.69, 9.17) is 9.72 Å². The topological polar surface area (TPSA) is 49.1 Å². The Morgan fingerprint density at radius 2 is 2.03 bits per heavy atom. The Hall–Kier alpha value is -2.68. The second kappa shape index (κ2) is 8.45. The van der Waals surface area contributed by atoms with E-state index in [2.05, 4.69) is 29.2 Å². The molecule has 0 bridgehead atoms. The van der Waals surface area contributed by atoms with Crippen LogP contribution in [0.1, 0.15) is 55.8 Å². The normalized spacial score (nSPS) is 18.3. The minimum atomic E-state index is 0.0361.